The molecule has 0 aliphatic rings. The van der Waals surface area contributed by atoms with E-state index >= 15 is 0 Å². The molecule has 0 saturated heterocycles. The van der Waals surface area contributed by atoms with Gasteiger partial charge in [-0.05, 0) is 6.07 Å². The maximum absolute atomic E-state index is 10.6. The summed E-state index contributed by atoms with van der Waals surface area (Å²) in [5, 5.41) is 0. The molecule has 0 amide bonds. The number of aromatic nitrogens is 4. The monoisotopic (exact) mass is 237 g/mol. The molecule has 17 heavy (non-hydrogen) atoms. The zero-order valence-corrected chi connectivity index (χ0v) is 9.01. The second-order valence-electron chi connectivity index (χ2n) is 3.01. The Balaban J connectivity index is 0.000000171. The van der Waals surface area contributed by atoms with Crippen LogP contribution in [0.15, 0.2) is 38.9 Å². The minimum absolute atomic E-state index is 0.324. The Morgan fingerprint density at radius 3 is 2.41 bits per heavy atom. The van der Waals surface area contributed by atoms with Crippen molar-refractivity contribution in [3.8, 4) is 0 Å². The minimum Gasteiger partial charge on any atom is -0.385 e. The predicted molar refractivity (Wildman–Crippen MR) is 61.6 cm³/mol. The highest BCUT2D eigenvalue weighted by Crippen LogP contribution is 1.89. The molecule has 4 N–H and O–H groups in total. The molecule has 0 aliphatic carbocycles. The molecule has 0 saturated carbocycles. The lowest BCUT2D eigenvalue weighted by Crippen LogP contribution is -2.21. The van der Waals surface area contributed by atoms with Gasteiger partial charge in [0.1, 0.15) is 5.82 Å². The van der Waals surface area contributed by atoms with Gasteiger partial charge in [-0.15, -0.1) is 0 Å². The van der Waals surface area contributed by atoms with Crippen molar-refractivity contribution in [1.82, 2.24) is 19.5 Å². The summed E-state index contributed by atoms with van der Waals surface area (Å²) in [5.74, 6) is 0.426. The lowest BCUT2D eigenvalue weighted by molar-refractivity contribution is 0.824. The lowest BCUT2D eigenvalue weighted by Gasteiger charge is -1.97. The third-order valence-corrected chi connectivity index (χ3v) is 1.79. The van der Waals surface area contributed by atoms with Crippen LogP contribution in [0.25, 0.3) is 0 Å². The van der Waals surface area contributed by atoms with Gasteiger partial charge in [0.15, 0.2) is 0 Å². The van der Waals surface area contributed by atoms with Crippen molar-refractivity contribution in [2.75, 3.05) is 5.73 Å². The number of anilines is 1. The van der Waals surface area contributed by atoms with Crippen molar-refractivity contribution in [3.63, 3.8) is 0 Å². The van der Waals surface area contributed by atoms with E-state index in [9.17, 15) is 14.4 Å². The first kappa shape index (κ1) is 12.4. The predicted octanol–water partition coefficient (Wildman–Crippen LogP) is -1.57. The first-order valence-corrected chi connectivity index (χ1v) is 4.56. The summed E-state index contributed by atoms with van der Waals surface area (Å²) in [4.78, 5) is 38.7. The molecule has 90 valence electrons. The minimum atomic E-state index is -0.475. The van der Waals surface area contributed by atoms with Crippen LogP contribution in [-0.2, 0) is 7.05 Å². The third-order valence-electron chi connectivity index (χ3n) is 1.79. The van der Waals surface area contributed by atoms with E-state index in [2.05, 4.69) is 9.97 Å². The summed E-state index contributed by atoms with van der Waals surface area (Å²) in [6.07, 6.45) is 2.68. The molecule has 0 bridgehead atoms. The normalized spacial score (nSPS) is 9.24. The molecule has 8 heteroatoms. The summed E-state index contributed by atoms with van der Waals surface area (Å²) >= 11 is 0. The van der Waals surface area contributed by atoms with Crippen molar-refractivity contribution < 1.29 is 0 Å². The van der Waals surface area contributed by atoms with Gasteiger partial charge < -0.3 is 10.7 Å². The average Bonchev–Trinajstić information content (AvgIpc) is 2.26. The number of nitrogens with one attached hydrogen (secondary N) is 2. The van der Waals surface area contributed by atoms with Gasteiger partial charge in [0.05, 0.1) is 0 Å². The van der Waals surface area contributed by atoms with E-state index in [1.807, 2.05) is 4.98 Å². The zero-order chi connectivity index (χ0) is 12.8. The molecular formula is C9H11N5O3. The second kappa shape index (κ2) is 5.45. The van der Waals surface area contributed by atoms with Crippen molar-refractivity contribution in [1.29, 1.82) is 0 Å². The summed E-state index contributed by atoms with van der Waals surface area (Å²) in [7, 11) is 1.57. The van der Waals surface area contributed by atoms with Crippen molar-refractivity contribution in [2.24, 2.45) is 7.05 Å². The Labute approximate surface area is 94.8 Å². The van der Waals surface area contributed by atoms with E-state index in [4.69, 9.17) is 5.73 Å². The molecule has 0 aromatic carbocycles. The van der Waals surface area contributed by atoms with Crippen LogP contribution in [0.3, 0.4) is 0 Å². The van der Waals surface area contributed by atoms with Gasteiger partial charge in [-0.1, -0.05) is 0 Å². The number of nitrogens with two attached hydrogens (primary N) is 1. The van der Waals surface area contributed by atoms with E-state index < -0.39 is 5.69 Å². The third kappa shape index (κ3) is 3.78. The highest BCUT2D eigenvalue weighted by atomic mass is 16.2. The number of H-pyrrole nitrogens is 2. The van der Waals surface area contributed by atoms with E-state index in [0.29, 0.717) is 5.82 Å². The van der Waals surface area contributed by atoms with E-state index in [1.54, 1.807) is 13.1 Å². The molecule has 2 aromatic rings. The fraction of sp³-hybridized carbons (Fsp3) is 0.111. The highest BCUT2D eigenvalue weighted by molar-refractivity contribution is 5.25. The molecule has 0 atom stereocenters. The quantitative estimate of drug-likeness (QED) is 0.510. The zero-order valence-electron chi connectivity index (χ0n) is 9.01. The van der Waals surface area contributed by atoms with Crippen LogP contribution >= 0.6 is 0 Å². The maximum atomic E-state index is 10.6. The number of hydrogen-bond acceptors (Lipinski definition) is 5. The fourth-order valence-corrected chi connectivity index (χ4v) is 0.869. The van der Waals surface area contributed by atoms with Crippen LogP contribution in [0.2, 0.25) is 0 Å². The number of aromatic amines is 2. The van der Waals surface area contributed by atoms with E-state index in [-0.39, 0.29) is 11.2 Å². The largest absolute Gasteiger partial charge is 0.385 e. The Morgan fingerprint density at radius 2 is 2.00 bits per heavy atom. The van der Waals surface area contributed by atoms with Gasteiger partial charge in [-0.3, -0.25) is 14.3 Å². The topological polar surface area (TPSA) is 127 Å². The van der Waals surface area contributed by atoms with Crippen LogP contribution in [-0.4, -0.2) is 19.5 Å². The SMILES string of the molecule is Cn1c(N)ccnc1=O.O=c1cc[nH]c(=O)[nH]1. The Morgan fingerprint density at radius 1 is 1.29 bits per heavy atom. The van der Waals surface area contributed by atoms with Crippen LogP contribution in [0, 0.1) is 0 Å². The first-order chi connectivity index (χ1) is 8.00. The molecule has 0 aliphatic heterocycles. The lowest BCUT2D eigenvalue weighted by atomic mass is 10.6. The Kier molecular flexibility index (Phi) is 3.98. The van der Waals surface area contributed by atoms with Crippen LogP contribution < -0.4 is 22.7 Å². The van der Waals surface area contributed by atoms with Gasteiger partial charge in [0.2, 0.25) is 0 Å². The van der Waals surface area contributed by atoms with Crippen molar-refractivity contribution >= 4 is 5.82 Å². The van der Waals surface area contributed by atoms with Gasteiger partial charge in [0.25, 0.3) is 5.56 Å². The van der Waals surface area contributed by atoms with Gasteiger partial charge >= 0.3 is 11.4 Å². The molecular weight excluding hydrogens is 226 g/mol. The van der Waals surface area contributed by atoms with Gasteiger partial charge in [-0.2, -0.15) is 0 Å². The molecule has 0 unspecified atom stereocenters. The first-order valence-electron chi connectivity index (χ1n) is 4.56. The molecule has 0 fully saturated rings. The summed E-state index contributed by atoms with van der Waals surface area (Å²) in [6, 6.07) is 2.81. The van der Waals surface area contributed by atoms with E-state index in [0.717, 1.165) is 0 Å². The average molecular weight is 237 g/mol. The molecule has 2 rings (SSSR count). The molecule has 0 spiro atoms. The smallest absolute Gasteiger partial charge is 0.348 e. The van der Waals surface area contributed by atoms with Crippen LogP contribution in [0.4, 0.5) is 5.82 Å². The second-order valence-corrected chi connectivity index (χ2v) is 3.01. The summed E-state index contributed by atoms with van der Waals surface area (Å²) in [6.45, 7) is 0. The van der Waals surface area contributed by atoms with Crippen molar-refractivity contribution in [2.45, 2.75) is 0 Å². The Hall–Kier alpha value is -2.64. The number of nitrogens with zero attached hydrogens (tertiary/aromatic N) is 2. The number of hydrogen-bond donors (Lipinski definition) is 3. The maximum Gasteiger partial charge on any atom is 0.348 e. The van der Waals surface area contributed by atoms with Crippen molar-refractivity contribution in [3.05, 3.63) is 55.8 Å². The van der Waals surface area contributed by atoms with Gasteiger partial charge in [-0.25, -0.2) is 14.6 Å². The number of nitrogen functional groups attached to an aromatic ring is 1. The van der Waals surface area contributed by atoms with Crippen LogP contribution in [0.5, 0.6) is 0 Å². The fourth-order valence-electron chi connectivity index (χ4n) is 0.869. The summed E-state index contributed by atoms with van der Waals surface area (Å²) < 4.78 is 1.28. The summed E-state index contributed by atoms with van der Waals surface area (Å²) in [5.41, 5.74) is 4.16. The molecule has 2 aromatic heterocycles. The Bertz CT molecular complexity index is 629. The van der Waals surface area contributed by atoms with E-state index in [1.165, 1.54) is 23.0 Å². The highest BCUT2D eigenvalue weighted by Gasteiger charge is 1.90. The standard InChI is InChI=1S/C5H7N3O.C4H4N2O2/c1-8-4(6)2-3-7-5(8)9;7-3-1-2-5-4(8)6-3/h2-3H,6H2,1H3;1-2H,(H2,5,6,7,8). The van der Waals surface area contributed by atoms with Gasteiger partial charge in [0, 0.05) is 25.5 Å². The molecule has 2 heterocycles. The van der Waals surface area contributed by atoms with Crippen LogP contribution in [0.1, 0.15) is 0 Å². The molecule has 8 nitrogen and oxygen atoms in total. The molecule has 0 radical (unpaired) electrons. The number of rotatable bonds is 0.